The summed E-state index contributed by atoms with van der Waals surface area (Å²) in [5, 5.41) is 4.41. The molecule has 1 fully saturated rings. The summed E-state index contributed by atoms with van der Waals surface area (Å²) in [7, 11) is 0. The number of fused-ring (bicyclic) bond motifs is 1. The molecule has 1 saturated carbocycles. The minimum Gasteiger partial charge on any atom is -0.220 e. The van der Waals surface area contributed by atoms with Crippen LogP contribution in [0.3, 0.4) is 0 Å². The molecule has 3 nitrogen and oxygen atoms in total. The van der Waals surface area contributed by atoms with Crippen molar-refractivity contribution in [2.24, 2.45) is 0 Å². The highest BCUT2D eigenvalue weighted by atomic mass is 79.9. The Morgan fingerprint density at radius 2 is 2.23 bits per heavy atom. The molecule has 0 radical (unpaired) electrons. The van der Waals surface area contributed by atoms with Crippen LogP contribution in [0.5, 0.6) is 0 Å². The van der Waals surface area contributed by atoms with E-state index in [1.54, 1.807) is 0 Å². The van der Waals surface area contributed by atoms with Gasteiger partial charge in [0.2, 0.25) is 0 Å². The fraction of sp³-hybridized carbons (Fsp3) is 0.333. The molecule has 0 atom stereocenters. The van der Waals surface area contributed by atoms with E-state index in [9.17, 15) is 0 Å². The largest absolute Gasteiger partial charge is 0.220 e. The molecule has 0 N–H and O–H groups in total. The van der Waals surface area contributed by atoms with Gasteiger partial charge in [-0.05, 0) is 40.9 Å². The van der Waals surface area contributed by atoms with Crippen LogP contribution in [0.15, 0.2) is 22.8 Å². The Bertz CT molecular complexity index is 459. The lowest BCUT2D eigenvalue weighted by Crippen LogP contribution is -1.86. The van der Waals surface area contributed by atoms with Crippen LogP contribution in [-0.4, -0.2) is 14.6 Å². The molecule has 0 aromatic carbocycles. The molecule has 0 spiro atoms. The van der Waals surface area contributed by atoms with E-state index in [1.807, 2.05) is 22.8 Å². The highest BCUT2D eigenvalue weighted by Gasteiger charge is 2.27. The minimum atomic E-state index is 0.624. The van der Waals surface area contributed by atoms with Crippen molar-refractivity contribution in [3.63, 3.8) is 0 Å². The van der Waals surface area contributed by atoms with Crippen LogP contribution in [-0.2, 0) is 0 Å². The summed E-state index contributed by atoms with van der Waals surface area (Å²) in [4.78, 5) is 4.45. The van der Waals surface area contributed by atoms with Gasteiger partial charge in [-0.25, -0.2) is 9.50 Å². The highest BCUT2D eigenvalue weighted by Crippen LogP contribution is 2.38. The molecule has 13 heavy (non-hydrogen) atoms. The maximum absolute atomic E-state index is 4.45. The van der Waals surface area contributed by atoms with Crippen LogP contribution in [0.4, 0.5) is 0 Å². The van der Waals surface area contributed by atoms with Gasteiger partial charge in [-0.1, -0.05) is 0 Å². The van der Waals surface area contributed by atoms with Crippen molar-refractivity contribution in [2.75, 3.05) is 0 Å². The van der Waals surface area contributed by atoms with E-state index in [4.69, 9.17) is 0 Å². The predicted molar refractivity (Wildman–Crippen MR) is 52.7 cm³/mol. The van der Waals surface area contributed by atoms with Gasteiger partial charge in [0.15, 0.2) is 11.5 Å². The molecule has 4 heteroatoms. The molecule has 0 amide bonds. The number of nitrogens with zero attached hydrogens (tertiary/aromatic N) is 3. The van der Waals surface area contributed by atoms with E-state index < -0.39 is 0 Å². The monoisotopic (exact) mass is 237 g/mol. The third-order valence-electron chi connectivity index (χ3n) is 2.25. The van der Waals surface area contributed by atoms with Crippen LogP contribution in [0.1, 0.15) is 24.6 Å². The van der Waals surface area contributed by atoms with Gasteiger partial charge < -0.3 is 0 Å². The van der Waals surface area contributed by atoms with E-state index in [2.05, 4.69) is 26.0 Å². The molecule has 1 aliphatic rings. The van der Waals surface area contributed by atoms with E-state index in [0.29, 0.717) is 5.92 Å². The van der Waals surface area contributed by atoms with Gasteiger partial charge >= 0.3 is 0 Å². The summed E-state index contributed by atoms with van der Waals surface area (Å²) in [5.74, 6) is 1.62. The molecule has 2 aromatic heterocycles. The Hall–Kier alpha value is -0.900. The van der Waals surface area contributed by atoms with Crippen molar-refractivity contribution in [3.8, 4) is 0 Å². The molecule has 0 aliphatic heterocycles. The zero-order valence-corrected chi connectivity index (χ0v) is 8.53. The van der Waals surface area contributed by atoms with Crippen molar-refractivity contribution in [2.45, 2.75) is 18.8 Å². The van der Waals surface area contributed by atoms with Gasteiger partial charge in [0.1, 0.15) is 0 Å². The lowest BCUT2D eigenvalue weighted by molar-refractivity contribution is 0.876. The molecule has 2 aromatic rings. The number of halogens is 1. The lowest BCUT2D eigenvalue weighted by Gasteiger charge is -1.90. The normalized spacial score (nSPS) is 16.7. The Balaban J connectivity index is 2.20. The van der Waals surface area contributed by atoms with E-state index in [1.165, 1.54) is 12.8 Å². The Morgan fingerprint density at radius 3 is 3.00 bits per heavy atom. The molecular weight excluding hydrogens is 230 g/mol. The quantitative estimate of drug-likeness (QED) is 0.763. The Kier molecular flexibility index (Phi) is 1.47. The van der Waals surface area contributed by atoms with Crippen LogP contribution in [0.2, 0.25) is 0 Å². The van der Waals surface area contributed by atoms with Crippen molar-refractivity contribution >= 4 is 21.6 Å². The number of rotatable bonds is 1. The van der Waals surface area contributed by atoms with Gasteiger partial charge in [0.25, 0.3) is 0 Å². The van der Waals surface area contributed by atoms with E-state index in [0.717, 1.165) is 15.9 Å². The predicted octanol–water partition coefficient (Wildman–Crippen LogP) is 2.37. The summed E-state index contributed by atoms with van der Waals surface area (Å²) in [6, 6.07) is 3.96. The maximum Gasteiger partial charge on any atom is 0.155 e. The topological polar surface area (TPSA) is 30.2 Å². The summed E-state index contributed by atoms with van der Waals surface area (Å²) in [6.45, 7) is 0. The van der Waals surface area contributed by atoms with Crippen LogP contribution in [0, 0.1) is 0 Å². The first kappa shape index (κ1) is 7.50. The average Bonchev–Trinajstić information content (AvgIpc) is 2.87. The average molecular weight is 238 g/mol. The third kappa shape index (κ3) is 1.25. The minimum absolute atomic E-state index is 0.624. The molecule has 2 heterocycles. The molecular formula is C9H8BrN3. The molecule has 0 saturated heterocycles. The molecule has 1 aliphatic carbocycles. The summed E-state index contributed by atoms with van der Waals surface area (Å²) < 4.78 is 2.87. The number of hydrogen-bond donors (Lipinski definition) is 0. The smallest absolute Gasteiger partial charge is 0.155 e. The van der Waals surface area contributed by atoms with E-state index in [-0.39, 0.29) is 0 Å². The number of aromatic nitrogens is 3. The molecule has 66 valence electrons. The van der Waals surface area contributed by atoms with Crippen LogP contribution < -0.4 is 0 Å². The Labute approximate surface area is 83.9 Å². The van der Waals surface area contributed by atoms with Gasteiger partial charge in [0, 0.05) is 16.6 Å². The SMILES string of the molecule is Brc1ccc2nc(C3CC3)nn2c1. The van der Waals surface area contributed by atoms with Gasteiger partial charge in [-0.2, -0.15) is 5.10 Å². The summed E-state index contributed by atoms with van der Waals surface area (Å²) in [5.41, 5.74) is 0.935. The summed E-state index contributed by atoms with van der Waals surface area (Å²) in [6.07, 6.45) is 4.43. The van der Waals surface area contributed by atoms with Gasteiger partial charge in [-0.3, -0.25) is 0 Å². The zero-order valence-electron chi connectivity index (χ0n) is 6.94. The van der Waals surface area contributed by atoms with Crippen LogP contribution in [0.25, 0.3) is 5.65 Å². The second-order valence-electron chi connectivity index (χ2n) is 3.39. The third-order valence-corrected chi connectivity index (χ3v) is 2.72. The zero-order chi connectivity index (χ0) is 8.84. The fourth-order valence-electron chi connectivity index (χ4n) is 1.39. The fourth-order valence-corrected chi connectivity index (χ4v) is 1.72. The van der Waals surface area contributed by atoms with Gasteiger partial charge in [-0.15, -0.1) is 0 Å². The molecule has 3 rings (SSSR count). The van der Waals surface area contributed by atoms with Crippen molar-refractivity contribution < 1.29 is 0 Å². The Morgan fingerprint density at radius 1 is 1.38 bits per heavy atom. The first-order valence-corrected chi connectivity index (χ1v) is 5.14. The first-order valence-electron chi connectivity index (χ1n) is 4.35. The summed E-state index contributed by atoms with van der Waals surface area (Å²) >= 11 is 3.41. The molecule has 0 bridgehead atoms. The van der Waals surface area contributed by atoms with Crippen LogP contribution >= 0.6 is 15.9 Å². The first-order chi connectivity index (χ1) is 6.33. The molecule has 0 unspecified atom stereocenters. The highest BCUT2D eigenvalue weighted by molar-refractivity contribution is 9.10. The second-order valence-corrected chi connectivity index (χ2v) is 4.31. The number of pyridine rings is 1. The number of hydrogen-bond acceptors (Lipinski definition) is 2. The standard InChI is InChI=1S/C9H8BrN3/c10-7-3-4-8-11-9(6-1-2-6)12-13(8)5-7/h3-6H,1-2H2. The lowest BCUT2D eigenvalue weighted by atomic mass is 10.4. The van der Waals surface area contributed by atoms with Gasteiger partial charge in [0.05, 0.1) is 0 Å². The second kappa shape index (κ2) is 2.54. The van der Waals surface area contributed by atoms with Crippen molar-refractivity contribution in [1.82, 2.24) is 14.6 Å². The van der Waals surface area contributed by atoms with Crippen molar-refractivity contribution in [1.29, 1.82) is 0 Å². The van der Waals surface area contributed by atoms with E-state index >= 15 is 0 Å². The van der Waals surface area contributed by atoms with Crippen molar-refractivity contribution in [3.05, 3.63) is 28.6 Å². The maximum atomic E-state index is 4.45.